The maximum Gasteiger partial charge on any atom is 0.0584 e. The van der Waals surface area contributed by atoms with Crippen LogP contribution in [0.5, 0.6) is 0 Å². The first-order valence-corrected chi connectivity index (χ1v) is 9.31. The standard InChI is InChI=1S/C22H25NOS/c1-23-15-18-8-3-2-6-16(18)10-12-19(24)14-21-20-9-5-4-7-17(20)11-13-22(21)25/h2-9,11,19,23-24H,10,12-15H2,1H3. The van der Waals surface area contributed by atoms with E-state index in [0.717, 1.165) is 36.2 Å². The zero-order valence-corrected chi connectivity index (χ0v) is 15.5. The predicted octanol–water partition coefficient (Wildman–Crippen LogP) is 2.49. The van der Waals surface area contributed by atoms with Crippen molar-refractivity contribution in [3.05, 3.63) is 70.1 Å². The molecule has 0 heterocycles. The van der Waals surface area contributed by atoms with Gasteiger partial charge in [-0.2, -0.15) is 0 Å². The van der Waals surface area contributed by atoms with E-state index in [0.29, 0.717) is 6.42 Å². The van der Waals surface area contributed by atoms with E-state index in [1.54, 1.807) is 0 Å². The van der Waals surface area contributed by atoms with Crippen LogP contribution in [0.15, 0.2) is 48.5 Å². The molecule has 0 saturated heterocycles. The lowest BCUT2D eigenvalue weighted by atomic mass is 9.92. The molecule has 25 heavy (non-hydrogen) atoms. The first-order chi connectivity index (χ1) is 12.2. The maximum atomic E-state index is 10.6. The zero-order chi connectivity index (χ0) is 17.6. The molecule has 3 heteroatoms. The Kier molecular flexibility index (Phi) is 6.14. The summed E-state index contributed by atoms with van der Waals surface area (Å²) < 4.78 is 0. The number of rotatable bonds is 7. The fourth-order valence-corrected chi connectivity index (χ4v) is 3.75. The summed E-state index contributed by atoms with van der Waals surface area (Å²) in [5.41, 5.74) is 3.75. The largest absolute Gasteiger partial charge is 0.393 e. The highest BCUT2D eigenvalue weighted by atomic mass is 32.1. The molecule has 0 aromatic heterocycles. The van der Waals surface area contributed by atoms with Crippen LogP contribution in [-0.2, 0) is 13.0 Å². The van der Waals surface area contributed by atoms with Crippen molar-refractivity contribution in [3.63, 3.8) is 0 Å². The quantitative estimate of drug-likeness (QED) is 0.752. The fourth-order valence-electron chi connectivity index (χ4n) is 3.47. The van der Waals surface area contributed by atoms with Crippen molar-refractivity contribution >= 4 is 28.7 Å². The van der Waals surface area contributed by atoms with Crippen molar-refractivity contribution in [1.29, 1.82) is 0 Å². The molecule has 2 aromatic carbocycles. The first-order valence-electron chi connectivity index (χ1n) is 8.90. The van der Waals surface area contributed by atoms with E-state index in [4.69, 9.17) is 12.2 Å². The van der Waals surface area contributed by atoms with E-state index in [-0.39, 0.29) is 6.10 Å². The van der Waals surface area contributed by atoms with Gasteiger partial charge in [-0.05, 0) is 47.0 Å². The molecule has 2 N–H and O–H groups in total. The summed E-state index contributed by atoms with van der Waals surface area (Å²) in [5.74, 6) is 0. The Balaban J connectivity index is 1.72. The molecular weight excluding hydrogens is 326 g/mol. The van der Waals surface area contributed by atoms with Gasteiger partial charge in [0.2, 0.25) is 0 Å². The van der Waals surface area contributed by atoms with E-state index in [1.807, 2.05) is 13.1 Å². The molecule has 0 saturated carbocycles. The predicted molar refractivity (Wildman–Crippen MR) is 109 cm³/mol. The maximum absolute atomic E-state index is 10.6. The lowest BCUT2D eigenvalue weighted by molar-refractivity contribution is 0.170. The molecule has 130 valence electrons. The van der Waals surface area contributed by atoms with Crippen molar-refractivity contribution in [2.24, 2.45) is 0 Å². The van der Waals surface area contributed by atoms with Gasteiger partial charge in [-0.25, -0.2) is 0 Å². The van der Waals surface area contributed by atoms with Crippen molar-refractivity contribution in [2.45, 2.75) is 38.3 Å². The van der Waals surface area contributed by atoms with Gasteiger partial charge in [-0.3, -0.25) is 0 Å². The van der Waals surface area contributed by atoms with Gasteiger partial charge in [0.1, 0.15) is 0 Å². The van der Waals surface area contributed by atoms with Crippen LogP contribution in [0, 0.1) is 0 Å². The van der Waals surface area contributed by atoms with E-state index in [9.17, 15) is 5.11 Å². The third-order valence-corrected chi connectivity index (χ3v) is 5.22. The molecule has 1 atom stereocenters. The Labute approximate surface area is 154 Å². The van der Waals surface area contributed by atoms with Crippen molar-refractivity contribution in [3.8, 4) is 0 Å². The summed E-state index contributed by atoms with van der Waals surface area (Å²) in [5, 5.41) is 16.3. The Bertz CT molecular complexity index is 872. The second kappa shape index (κ2) is 8.52. The second-order valence-corrected chi connectivity index (χ2v) is 7.09. The van der Waals surface area contributed by atoms with Crippen LogP contribution in [0.2, 0.25) is 0 Å². The number of hydrogen-bond acceptors (Lipinski definition) is 3. The molecule has 1 aliphatic carbocycles. The van der Waals surface area contributed by atoms with Crippen LogP contribution in [0.3, 0.4) is 0 Å². The average molecular weight is 352 g/mol. The summed E-state index contributed by atoms with van der Waals surface area (Å²) in [7, 11) is 1.96. The number of aliphatic hydroxyl groups excluding tert-OH is 1. The fraction of sp³-hybridized carbons (Fsp3) is 0.318. The van der Waals surface area contributed by atoms with Crippen LogP contribution in [0.4, 0.5) is 0 Å². The number of aryl methyl sites for hydroxylation is 1. The van der Waals surface area contributed by atoms with Crippen molar-refractivity contribution < 1.29 is 5.11 Å². The van der Waals surface area contributed by atoms with Crippen LogP contribution in [0.1, 0.15) is 30.4 Å². The Morgan fingerprint density at radius 1 is 1.08 bits per heavy atom. The topological polar surface area (TPSA) is 32.3 Å². The molecule has 0 aliphatic heterocycles. The van der Waals surface area contributed by atoms with Gasteiger partial charge in [0, 0.05) is 24.3 Å². The SMILES string of the molecule is CNCc1ccccc1CCC(O)CC1=c2ccccc2=CCC1=S. The van der Waals surface area contributed by atoms with Gasteiger partial charge >= 0.3 is 0 Å². The molecule has 0 amide bonds. The monoisotopic (exact) mass is 351 g/mol. The third-order valence-electron chi connectivity index (χ3n) is 4.80. The summed E-state index contributed by atoms with van der Waals surface area (Å²) in [6.07, 6.45) is 4.88. The van der Waals surface area contributed by atoms with Gasteiger partial charge < -0.3 is 10.4 Å². The molecule has 1 aliphatic rings. The molecule has 0 spiro atoms. The van der Waals surface area contributed by atoms with E-state index >= 15 is 0 Å². The van der Waals surface area contributed by atoms with E-state index < -0.39 is 0 Å². The van der Waals surface area contributed by atoms with Gasteiger partial charge in [-0.15, -0.1) is 0 Å². The summed E-state index contributed by atoms with van der Waals surface area (Å²) in [4.78, 5) is 0.966. The Hall–Kier alpha value is -1.81. The number of nitrogens with one attached hydrogen (secondary N) is 1. The molecule has 2 aromatic rings. The molecule has 3 rings (SSSR count). The number of fused-ring (bicyclic) bond motifs is 1. The molecule has 2 nitrogen and oxygen atoms in total. The minimum atomic E-state index is -0.373. The van der Waals surface area contributed by atoms with Gasteiger partial charge in [-0.1, -0.05) is 66.8 Å². The highest BCUT2D eigenvalue weighted by molar-refractivity contribution is 7.81. The Morgan fingerprint density at radius 2 is 1.80 bits per heavy atom. The van der Waals surface area contributed by atoms with Crippen LogP contribution in [0.25, 0.3) is 11.6 Å². The van der Waals surface area contributed by atoms with Gasteiger partial charge in [0.05, 0.1) is 6.10 Å². The molecule has 0 fully saturated rings. The molecule has 0 radical (unpaired) electrons. The normalized spacial score (nSPS) is 14.8. The molecule has 0 bridgehead atoms. The number of aliphatic hydroxyl groups is 1. The summed E-state index contributed by atoms with van der Waals surface area (Å²) in [6, 6.07) is 16.8. The Morgan fingerprint density at radius 3 is 2.60 bits per heavy atom. The van der Waals surface area contributed by atoms with E-state index in [2.05, 4.69) is 53.9 Å². The first kappa shape index (κ1) is 18.0. The number of hydrogen-bond donors (Lipinski definition) is 2. The highest BCUT2D eigenvalue weighted by Crippen LogP contribution is 2.18. The highest BCUT2D eigenvalue weighted by Gasteiger charge is 2.15. The molecule has 1 unspecified atom stereocenters. The van der Waals surface area contributed by atoms with Gasteiger partial charge in [0.15, 0.2) is 0 Å². The summed E-state index contributed by atoms with van der Waals surface area (Å²) in [6.45, 7) is 0.858. The third kappa shape index (κ3) is 4.43. The minimum absolute atomic E-state index is 0.373. The second-order valence-electron chi connectivity index (χ2n) is 6.59. The van der Waals surface area contributed by atoms with Gasteiger partial charge in [0.25, 0.3) is 0 Å². The van der Waals surface area contributed by atoms with Crippen LogP contribution < -0.4 is 15.8 Å². The number of thiocarbonyl (C=S) groups is 1. The van der Waals surface area contributed by atoms with Crippen LogP contribution >= 0.6 is 12.2 Å². The average Bonchev–Trinajstić information content (AvgIpc) is 2.64. The van der Waals surface area contributed by atoms with Crippen molar-refractivity contribution in [1.82, 2.24) is 5.32 Å². The molecular formula is C22H25NOS. The van der Waals surface area contributed by atoms with Crippen LogP contribution in [-0.4, -0.2) is 23.1 Å². The summed E-state index contributed by atoms with van der Waals surface area (Å²) >= 11 is 5.57. The zero-order valence-electron chi connectivity index (χ0n) is 14.7. The van der Waals surface area contributed by atoms with E-state index in [1.165, 1.54) is 21.6 Å². The minimum Gasteiger partial charge on any atom is -0.393 e. The van der Waals surface area contributed by atoms with Crippen molar-refractivity contribution in [2.75, 3.05) is 7.05 Å². The smallest absolute Gasteiger partial charge is 0.0584 e. The number of benzene rings is 2. The lowest BCUT2D eigenvalue weighted by Crippen LogP contribution is -2.33. The lowest BCUT2D eigenvalue weighted by Gasteiger charge is -2.17.